The molecule has 1 aliphatic heterocycles. The average molecular weight is 327 g/mol. The van der Waals surface area contributed by atoms with Crippen molar-refractivity contribution in [2.24, 2.45) is 5.92 Å². The van der Waals surface area contributed by atoms with Gasteiger partial charge in [-0.25, -0.2) is 0 Å². The lowest BCUT2D eigenvalue weighted by Crippen LogP contribution is -2.36. The van der Waals surface area contributed by atoms with Crippen molar-refractivity contribution in [2.75, 3.05) is 26.2 Å². The fourth-order valence-electron chi connectivity index (χ4n) is 3.56. The zero-order valence-electron chi connectivity index (χ0n) is 14.9. The van der Waals surface area contributed by atoms with E-state index < -0.39 is 0 Å². The van der Waals surface area contributed by atoms with Gasteiger partial charge < -0.3 is 10.0 Å². The van der Waals surface area contributed by atoms with Gasteiger partial charge >= 0.3 is 0 Å². The quantitative estimate of drug-likeness (QED) is 0.884. The van der Waals surface area contributed by atoms with Crippen LogP contribution in [0, 0.1) is 5.92 Å². The second kappa shape index (κ2) is 7.95. The number of aliphatic hydroxyl groups is 1. The smallest absolute Gasteiger partial charge is 0.0568 e. The maximum absolute atomic E-state index is 9.00. The summed E-state index contributed by atoms with van der Waals surface area (Å²) in [5.41, 5.74) is 3.54. The van der Waals surface area contributed by atoms with Gasteiger partial charge in [-0.2, -0.15) is 5.10 Å². The first-order chi connectivity index (χ1) is 11.7. The second-order valence-corrected chi connectivity index (χ2v) is 7.31. The molecule has 2 aromatic rings. The number of piperidine rings is 1. The Balaban J connectivity index is 1.61. The minimum Gasteiger partial charge on any atom is -0.396 e. The third-order valence-electron chi connectivity index (χ3n) is 4.84. The van der Waals surface area contributed by atoms with Gasteiger partial charge in [0.2, 0.25) is 0 Å². The van der Waals surface area contributed by atoms with E-state index in [1.54, 1.807) is 0 Å². The Kier molecular flexibility index (Phi) is 5.69. The highest BCUT2D eigenvalue weighted by atomic mass is 16.2. The summed E-state index contributed by atoms with van der Waals surface area (Å²) in [7, 11) is 0. The van der Waals surface area contributed by atoms with Crippen LogP contribution in [0.25, 0.3) is 11.1 Å². The summed E-state index contributed by atoms with van der Waals surface area (Å²) < 4.78 is 2.16. The van der Waals surface area contributed by atoms with Gasteiger partial charge in [-0.05, 0) is 36.3 Å². The molecule has 0 amide bonds. The maximum Gasteiger partial charge on any atom is 0.0568 e. The van der Waals surface area contributed by atoms with Crippen molar-refractivity contribution in [3.63, 3.8) is 0 Å². The monoisotopic (exact) mass is 327 g/mol. The predicted octanol–water partition coefficient (Wildman–Crippen LogP) is 3.38. The van der Waals surface area contributed by atoms with Crippen molar-refractivity contribution in [1.29, 1.82) is 0 Å². The standard InChI is InChI=1S/C20H29N3O/c1-16(2)14-22-10-7-20(8-11-22)23-15-19(13-21-23)18-5-3-17(4-6-18)9-12-24/h3-6,13,15-16,20,24H,7-12,14H2,1-2H3. The fourth-order valence-corrected chi connectivity index (χ4v) is 3.56. The molecule has 0 unspecified atom stereocenters. The summed E-state index contributed by atoms with van der Waals surface area (Å²) in [4.78, 5) is 2.57. The van der Waals surface area contributed by atoms with Crippen LogP contribution >= 0.6 is 0 Å². The average Bonchev–Trinajstić information content (AvgIpc) is 3.06. The van der Waals surface area contributed by atoms with Gasteiger partial charge in [0.05, 0.1) is 12.2 Å². The van der Waals surface area contributed by atoms with Gasteiger partial charge in [0.15, 0.2) is 0 Å². The summed E-state index contributed by atoms with van der Waals surface area (Å²) in [6, 6.07) is 8.95. The molecule has 1 saturated heterocycles. The molecular formula is C20H29N3O. The Hall–Kier alpha value is -1.65. The lowest BCUT2D eigenvalue weighted by atomic mass is 10.0. The highest BCUT2D eigenvalue weighted by Crippen LogP contribution is 2.26. The number of aliphatic hydroxyl groups excluding tert-OH is 1. The zero-order valence-corrected chi connectivity index (χ0v) is 14.9. The van der Waals surface area contributed by atoms with E-state index in [9.17, 15) is 0 Å². The van der Waals surface area contributed by atoms with E-state index in [1.165, 1.54) is 49.2 Å². The Morgan fingerprint density at radius 1 is 1.12 bits per heavy atom. The van der Waals surface area contributed by atoms with Crippen LogP contribution in [-0.2, 0) is 6.42 Å². The minimum absolute atomic E-state index is 0.201. The number of likely N-dealkylation sites (tertiary alicyclic amines) is 1. The summed E-state index contributed by atoms with van der Waals surface area (Å²) in [6.07, 6.45) is 7.24. The van der Waals surface area contributed by atoms with Gasteiger partial charge in [0.1, 0.15) is 0 Å². The number of benzene rings is 1. The van der Waals surface area contributed by atoms with Crippen LogP contribution in [0.3, 0.4) is 0 Å². The van der Waals surface area contributed by atoms with Crippen molar-refractivity contribution in [3.8, 4) is 11.1 Å². The first kappa shape index (κ1) is 17.2. The molecule has 0 saturated carbocycles. The first-order valence-electron chi connectivity index (χ1n) is 9.12. The highest BCUT2D eigenvalue weighted by Gasteiger charge is 2.21. The lowest BCUT2D eigenvalue weighted by molar-refractivity contribution is 0.164. The Labute approximate surface area is 145 Å². The molecule has 1 fully saturated rings. The summed E-state index contributed by atoms with van der Waals surface area (Å²) in [5, 5.41) is 13.6. The molecule has 0 spiro atoms. The summed E-state index contributed by atoms with van der Waals surface area (Å²) in [5.74, 6) is 0.742. The largest absolute Gasteiger partial charge is 0.396 e. The number of nitrogens with zero attached hydrogens (tertiary/aromatic N) is 3. The van der Waals surface area contributed by atoms with Crippen LogP contribution in [0.4, 0.5) is 0 Å². The molecule has 0 atom stereocenters. The zero-order chi connectivity index (χ0) is 16.9. The number of hydrogen-bond acceptors (Lipinski definition) is 3. The number of rotatable bonds is 6. The van der Waals surface area contributed by atoms with Crippen LogP contribution in [0.1, 0.15) is 38.3 Å². The SMILES string of the molecule is CC(C)CN1CCC(n2cc(-c3ccc(CCO)cc3)cn2)CC1. The van der Waals surface area contributed by atoms with E-state index in [0.717, 1.165) is 5.92 Å². The van der Waals surface area contributed by atoms with Crippen LogP contribution in [-0.4, -0.2) is 46.0 Å². The van der Waals surface area contributed by atoms with E-state index in [4.69, 9.17) is 5.11 Å². The Morgan fingerprint density at radius 3 is 2.46 bits per heavy atom. The molecule has 1 aromatic heterocycles. The van der Waals surface area contributed by atoms with E-state index in [2.05, 4.69) is 59.0 Å². The van der Waals surface area contributed by atoms with E-state index in [-0.39, 0.29) is 6.61 Å². The van der Waals surface area contributed by atoms with E-state index >= 15 is 0 Å². The number of hydrogen-bond donors (Lipinski definition) is 1. The summed E-state index contributed by atoms with van der Waals surface area (Å²) >= 11 is 0. The molecule has 1 aliphatic rings. The lowest BCUT2D eigenvalue weighted by Gasteiger charge is -2.33. The predicted molar refractivity (Wildman–Crippen MR) is 98.0 cm³/mol. The van der Waals surface area contributed by atoms with Crippen molar-refractivity contribution >= 4 is 0 Å². The molecular weight excluding hydrogens is 298 g/mol. The van der Waals surface area contributed by atoms with Crippen LogP contribution < -0.4 is 0 Å². The van der Waals surface area contributed by atoms with Crippen LogP contribution in [0.15, 0.2) is 36.7 Å². The molecule has 4 nitrogen and oxygen atoms in total. The van der Waals surface area contributed by atoms with Gasteiger partial charge in [-0.3, -0.25) is 4.68 Å². The molecule has 4 heteroatoms. The molecule has 24 heavy (non-hydrogen) atoms. The minimum atomic E-state index is 0.201. The van der Waals surface area contributed by atoms with Crippen molar-refractivity contribution in [3.05, 3.63) is 42.2 Å². The molecule has 2 heterocycles. The van der Waals surface area contributed by atoms with Gasteiger partial charge in [0, 0.05) is 38.0 Å². The molecule has 0 aliphatic carbocycles. The first-order valence-corrected chi connectivity index (χ1v) is 9.12. The van der Waals surface area contributed by atoms with Gasteiger partial charge in [-0.15, -0.1) is 0 Å². The van der Waals surface area contributed by atoms with Crippen molar-refractivity contribution in [2.45, 2.75) is 39.2 Å². The summed E-state index contributed by atoms with van der Waals surface area (Å²) in [6.45, 7) is 8.33. The van der Waals surface area contributed by atoms with Crippen LogP contribution in [0.5, 0.6) is 0 Å². The van der Waals surface area contributed by atoms with Gasteiger partial charge in [0.25, 0.3) is 0 Å². The molecule has 0 radical (unpaired) electrons. The second-order valence-electron chi connectivity index (χ2n) is 7.31. The van der Waals surface area contributed by atoms with Crippen LogP contribution in [0.2, 0.25) is 0 Å². The van der Waals surface area contributed by atoms with E-state index in [1.807, 2.05) is 6.20 Å². The molecule has 3 rings (SSSR count). The van der Waals surface area contributed by atoms with E-state index in [0.29, 0.717) is 12.5 Å². The van der Waals surface area contributed by atoms with Crippen molar-refractivity contribution in [1.82, 2.24) is 14.7 Å². The molecule has 0 bridgehead atoms. The van der Waals surface area contributed by atoms with Gasteiger partial charge in [-0.1, -0.05) is 38.1 Å². The Morgan fingerprint density at radius 2 is 1.83 bits per heavy atom. The normalized spacial score (nSPS) is 16.8. The maximum atomic E-state index is 9.00. The fraction of sp³-hybridized carbons (Fsp3) is 0.550. The highest BCUT2D eigenvalue weighted by molar-refractivity contribution is 5.61. The topological polar surface area (TPSA) is 41.3 Å². The third-order valence-corrected chi connectivity index (χ3v) is 4.84. The Bertz CT molecular complexity index is 625. The molecule has 130 valence electrons. The molecule has 1 N–H and O–H groups in total. The third kappa shape index (κ3) is 4.25. The number of aromatic nitrogens is 2. The molecule has 1 aromatic carbocycles. The van der Waals surface area contributed by atoms with Crippen molar-refractivity contribution < 1.29 is 5.11 Å².